The molecule has 5 nitrogen and oxygen atoms in total. The molecule has 2 aromatic heterocycles. The quantitative estimate of drug-likeness (QED) is 0.466. The molecule has 27 heavy (non-hydrogen) atoms. The number of hydrogen-bond donors (Lipinski definition) is 1. The van der Waals surface area contributed by atoms with Crippen LogP contribution in [0.25, 0.3) is 15.9 Å². The Morgan fingerprint density at radius 2 is 1.81 bits per heavy atom. The summed E-state index contributed by atoms with van der Waals surface area (Å²) in [6, 6.07) is 11.9. The Morgan fingerprint density at radius 3 is 2.48 bits per heavy atom. The van der Waals surface area contributed by atoms with Crippen molar-refractivity contribution in [3.8, 4) is 11.0 Å². The number of aliphatic imine (C=N–C) groups is 1. The van der Waals surface area contributed by atoms with Crippen molar-refractivity contribution in [3.63, 3.8) is 0 Å². The van der Waals surface area contributed by atoms with E-state index in [1.54, 1.807) is 54.0 Å². The highest BCUT2D eigenvalue weighted by Gasteiger charge is 2.17. The van der Waals surface area contributed by atoms with Crippen LogP contribution in [0.4, 0.5) is 5.69 Å². The number of nitrogens with zero attached hydrogens (tertiary/aromatic N) is 3. The average molecular weight is 416 g/mol. The lowest BCUT2D eigenvalue weighted by atomic mass is 10.1. The first-order chi connectivity index (χ1) is 13.0. The van der Waals surface area contributed by atoms with E-state index in [0.717, 1.165) is 0 Å². The standard InChI is InChI=1S/C19H11Cl2N3O2S/c20-11-7-12(21)9-13(8-11)23-10-16-14-3-1-2-4-15(14)17(25)24(18(16)26)19-22-5-6-27-19/h1-10,26H. The van der Waals surface area contributed by atoms with E-state index in [0.29, 0.717) is 37.2 Å². The lowest BCUT2D eigenvalue weighted by molar-refractivity contribution is 0.436. The van der Waals surface area contributed by atoms with Crippen molar-refractivity contribution in [1.82, 2.24) is 9.55 Å². The summed E-state index contributed by atoms with van der Waals surface area (Å²) >= 11 is 13.3. The second-order valence-electron chi connectivity index (χ2n) is 5.62. The largest absolute Gasteiger partial charge is 0.494 e. The van der Waals surface area contributed by atoms with E-state index in [9.17, 15) is 9.90 Å². The average Bonchev–Trinajstić information content (AvgIpc) is 3.15. The summed E-state index contributed by atoms with van der Waals surface area (Å²) in [5.74, 6) is -0.231. The molecule has 0 atom stereocenters. The fourth-order valence-electron chi connectivity index (χ4n) is 2.75. The maximum absolute atomic E-state index is 12.9. The minimum Gasteiger partial charge on any atom is -0.494 e. The van der Waals surface area contributed by atoms with E-state index >= 15 is 0 Å². The molecule has 0 radical (unpaired) electrons. The van der Waals surface area contributed by atoms with Crippen molar-refractivity contribution in [2.45, 2.75) is 0 Å². The fraction of sp³-hybridized carbons (Fsp3) is 0. The second-order valence-corrected chi connectivity index (χ2v) is 7.37. The van der Waals surface area contributed by atoms with Crippen molar-refractivity contribution in [1.29, 1.82) is 0 Å². The normalized spacial score (nSPS) is 11.5. The number of pyridine rings is 1. The summed E-state index contributed by atoms with van der Waals surface area (Å²) < 4.78 is 1.18. The smallest absolute Gasteiger partial charge is 0.267 e. The number of benzene rings is 2. The third kappa shape index (κ3) is 3.35. The molecule has 0 bridgehead atoms. The van der Waals surface area contributed by atoms with Gasteiger partial charge in [-0.2, -0.15) is 0 Å². The van der Waals surface area contributed by atoms with Gasteiger partial charge in [0.25, 0.3) is 5.56 Å². The van der Waals surface area contributed by atoms with E-state index in [2.05, 4.69) is 9.98 Å². The van der Waals surface area contributed by atoms with Gasteiger partial charge in [-0.3, -0.25) is 9.79 Å². The topological polar surface area (TPSA) is 67.5 Å². The van der Waals surface area contributed by atoms with Gasteiger partial charge in [0.1, 0.15) is 0 Å². The molecule has 0 unspecified atom stereocenters. The monoisotopic (exact) mass is 415 g/mol. The number of hydrogen-bond acceptors (Lipinski definition) is 5. The predicted octanol–water partition coefficient (Wildman–Crippen LogP) is 5.21. The van der Waals surface area contributed by atoms with Crippen LogP contribution >= 0.6 is 34.5 Å². The Kier molecular flexibility index (Phi) is 4.70. The molecule has 0 saturated heterocycles. The predicted molar refractivity (Wildman–Crippen MR) is 111 cm³/mol. The van der Waals surface area contributed by atoms with Gasteiger partial charge in [-0.25, -0.2) is 9.55 Å². The highest BCUT2D eigenvalue weighted by atomic mass is 35.5. The third-order valence-corrected chi connectivity index (χ3v) is 5.10. The van der Waals surface area contributed by atoms with Gasteiger partial charge in [0.05, 0.1) is 11.3 Å². The Bertz CT molecular complexity index is 1210. The first-order valence-corrected chi connectivity index (χ1v) is 9.45. The van der Waals surface area contributed by atoms with Crippen molar-refractivity contribution in [2.24, 2.45) is 4.99 Å². The van der Waals surface area contributed by atoms with Crippen molar-refractivity contribution in [3.05, 3.63) is 80.0 Å². The minimum atomic E-state index is -0.346. The summed E-state index contributed by atoms with van der Waals surface area (Å²) in [5.41, 5.74) is 0.584. The molecule has 1 N–H and O–H groups in total. The van der Waals surface area contributed by atoms with Crippen LogP contribution < -0.4 is 5.56 Å². The molecule has 4 aromatic rings. The van der Waals surface area contributed by atoms with E-state index in [4.69, 9.17) is 23.2 Å². The van der Waals surface area contributed by atoms with E-state index in [1.807, 2.05) is 0 Å². The second kappa shape index (κ2) is 7.15. The maximum atomic E-state index is 12.9. The van der Waals surface area contributed by atoms with Gasteiger partial charge in [0.2, 0.25) is 5.88 Å². The van der Waals surface area contributed by atoms with Crippen LogP contribution in [0.2, 0.25) is 10.0 Å². The molecule has 134 valence electrons. The first-order valence-electron chi connectivity index (χ1n) is 7.81. The summed E-state index contributed by atoms with van der Waals surface area (Å²) in [5, 5.41) is 14.9. The lowest BCUT2D eigenvalue weighted by Crippen LogP contribution is -2.19. The minimum absolute atomic E-state index is 0.231. The summed E-state index contributed by atoms with van der Waals surface area (Å²) in [6.07, 6.45) is 3.06. The molecule has 0 aliphatic rings. The van der Waals surface area contributed by atoms with Crippen molar-refractivity contribution in [2.75, 3.05) is 0 Å². The van der Waals surface area contributed by atoms with Crippen LogP contribution in [0.15, 0.2) is 63.8 Å². The lowest BCUT2D eigenvalue weighted by Gasteiger charge is -2.11. The van der Waals surface area contributed by atoms with Gasteiger partial charge in [-0.1, -0.05) is 41.4 Å². The number of rotatable bonds is 3. The Morgan fingerprint density at radius 1 is 1.11 bits per heavy atom. The molecular weight excluding hydrogens is 405 g/mol. The zero-order valence-electron chi connectivity index (χ0n) is 13.6. The molecule has 8 heteroatoms. The molecule has 0 fully saturated rings. The van der Waals surface area contributed by atoms with Crippen LogP contribution in [0, 0.1) is 0 Å². The molecule has 0 aliphatic heterocycles. The van der Waals surface area contributed by atoms with Crippen LogP contribution in [0.1, 0.15) is 5.56 Å². The fourth-order valence-corrected chi connectivity index (χ4v) is 3.90. The number of halogens is 2. The van der Waals surface area contributed by atoms with Gasteiger partial charge in [0, 0.05) is 38.6 Å². The van der Waals surface area contributed by atoms with Gasteiger partial charge < -0.3 is 5.11 Å². The number of fused-ring (bicyclic) bond motifs is 1. The van der Waals surface area contributed by atoms with Gasteiger partial charge in [-0.05, 0) is 24.3 Å². The van der Waals surface area contributed by atoms with Crippen LogP contribution in [0.5, 0.6) is 5.88 Å². The zero-order valence-corrected chi connectivity index (χ0v) is 16.0. The summed E-state index contributed by atoms with van der Waals surface area (Å²) in [4.78, 5) is 21.4. The van der Waals surface area contributed by atoms with Crippen molar-refractivity contribution < 1.29 is 5.11 Å². The maximum Gasteiger partial charge on any atom is 0.267 e. The molecule has 0 aliphatic carbocycles. The third-order valence-electron chi connectivity index (χ3n) is 3.90. The Labute approximate surface area is 167 Å². The number of aromatic nitrogens is 2. The highest BCUT2D eigenvalue weighted by Crippen LogP contribution is 2.28. The van der Waals surface area contributed by atoms with Crippen molar-refractivity contribution >= 4 is 57.2 Å². The molecule has 0 amide bonds. The zero-order chi connectivity index (χ0) is 19.0. The first kappa shape index (κ1) is 17.7. The van der Waals surface area contributed by atoms with Gasteiger partial charge in [0.15, 0.2) is 5.13 Å². The van der Waals surface area contributed by atoms with E-state index < -0.39 is 0 Å². The van der Waals surface area contributed by atoms with Crippen LogP contribution in [-0.4, -0.2) is 20.9 Å². The van der Waals surface area contributed by atoms with E-state index in [-0.39, 0.29) is 11.4 Å². The number of aromatic hydroxyl groups is 1. The van der Waals surface area contributed by atoms with Gasteiger partial charge in [-0.15, -0.1) is 11.3 Å². The highest BCUT2D eigenvalue weighted by molar-refractivity contribution is 7.12. The Hall–Kier alpha value is -2.67. The SMILES string of the molecule is O=c1c2ccccc2c(C=Nc2cc(Cl)cc(Cl)c2)c(O)n1-c1nccs1. The summed E-state index contributed by atoms with van der Waals surface area (Å²) in [6.45, 7) is 0. The van der Waals surface area contributed by atoms with Crippen LogP contribution in [0.3, 0.4) is 0 Å². The molecule has 0 saturated carbocycles. The summed E-state index contributed by atoms with van der Waals surface area (Å²) in [7, 11) is 0. The molecule has 0 spiro atoms. The van der Waals surface area contributed by atoms with Gasteiger partial charge >= 0.3 is 0 Å². The van der Waals surface area contributed by atoms with Crippen LogP contribution in [-0.2, 0) is 0 Å². The molecule has 2 aromatic carbocycles. The molecule has 4 rings (SSSR count). The number of thiazole rings is 1. The molecule has 2 heterocycles. The van der Waals surface area contributed by atoms with E-state index in [1.165, 1.54) is 22.1 Å². The molecular formula is C19H11Cl2N3O2S. The Balaban J connectivity index is 1.97.